The standard InChI is InChI=1S/C10H12ClN3O2/c1-12-7-5-16-8-3-6(11)4-13-9(8)14(2)10(7)15/h3-4,7,12H,5H2,1-2H3. The van der Waals surface area contributed by atoms with Crippen molar-refractivity contribution in [3.63, 3.8) is 0 Å². The van der Waals surface area contributed by atoms with Crippen LogP contribution in [0.3, 0.4) is 0 Å². The Labute approximate surface area is 98.4 Å². The van der Waals surface area contributed by atoms with E-state index in [1.807, 2.05) is 0 Å². The lowest BCUT2D eigenvalue weighted by molar-refractivity contribution is -0.120. The van der Waals surface area contributed by atoms with E-state index in [-0.39, 0.29) is 18.6 Å². The lowest BCUT2D eigenvalue weighted by Crippen LogP contribution is -2.45. The van der Waals surface area contributed by atoms with Crippen molar-refractivity contribution in [1.82, 2.24) is 10.3 Å². The van der Waals surface area contributed by atoms with Crippen LogP contribution in [0.1, 0.15) is 0 Å². The van der Waals surface area contributed by atoms with Crippen LogP contribution in [0.2, 0.25) is 5.02 Å². The highest BCUT2D eigenvalue weighted by molar-refractivity contribution is 6.30. The van der Waals surface area contributed by atoms with Gasteiger partial charge < -0.3 is 10.1 Å². The van der Waals surface area contributed by atoms with Gasteiger partial charge in [-0.2, -0.15) is 0 Å². The van der Waals surface area contributed by atoms with Crippen molar-refractivity contribution in [3.05, 3.63) is 17.3 Å². The van der Waals surface area contributed by atoms with Gasteiger partial charge in [0.15, 0.2) is 11.6 Å². The number of halogens is 1. The molecule has 1 aliphatic rings. The Hall–Kier alpha value is -1.33. The van der Waals surface area contributed by atoms with E-state index in [9.17, 15) is 4.79 Å². The van der Waals surface area contributed by atoms with E-state index >= 15 is 0 Å². The Kier molecular flexibility index (Phi) is 2.98. The van der Waals surface area contributed by atoms with E-state index in [1.165, 1.54) is 11.1 Å². The number of fused-ring (bicyclic) bond motifs is 1. The van der Waals surface area contributed by atoms with Crippen molar-refractivity contribution < 1.29 is 9.53 Å². The Morgan fingerprint density at radius 1 is 1.69 bits per heavy atom. The molecule has 86 valence electrons. The predicted molar refractivity (Wildman–Crippen MR) is 61.0 cm³/mol. The van der Waals surface area contributed by atoms with Gasteiger partial charge in [0.25, 0.3) is 0 Å². The average Bonchev–Trinajstić information content (AvgIpc) is 2.38. The fraction of sp³-hybridized carbons (Fsp3) is 0.400. The van der Waals surface area contributed by atoms with Gasteiger partial charge in [-0.3, -0.25) is 9.69 Å². The number of carbonyl (C=O) groups excluding carboxylic acids is 1. The number of nitrogens with zero attached hydrogens (tertiary/aromatic N) is 2. The highest BCUT2D eigenvalue weighted by atomic mass is 35.5. The molecule has 1 aromatic rings. The molecule has 1 amide bonds. The molecule has 0 aliphatic carbocycles. The molecule has 16 heavy (non-hydrogen) atoms. The van der Waals surface area contributed by atoms with Crippen LogP contribution >= 0.6 is 11.6 Å². The summed E-state index contributed by atoms with van der Waals surface area (Å²) >= 11 is 5.82. The number of anilines is 1. The van der Waals surface area contributed by atoms with Gasteiger partial charge in [-0.25, -0.2) is 4.98 Å². The van der Waals surface area contributed by atoms with Gasteiger partial charge >= 0.3 is 0 Å². The highest BCUT2D eigenvalue weighted by Gasteiger charge is 2.28. The summed E-state index contributed by atoms with van der Waals surface area (Å²) in [5.74, 6) is 0.948. The van der Waals surface area contributed by atoms with Gasteiger partial charge in [-0.15, -0.1) is 0 Å². The number of aromatic nitrogens is 1. The topological polar surface area (TPSA) is 54.5 Å². The number of pyridine rings is 1. The minimum absolute atomic E-state index is 0.0731. The first kappa shape index (κ1) is 11.2. The molecular weight excluding hydrogens is 230 g/mol. The molecule has 5 nitrogen and oxygen atoms in total. The van der Waals surface area contributed by atoms with Crippen molar-refractivity contribution in [2.75, 3.05) is 25.6 Å². The zero-order chi connectivity index (χ0) is 11.7. The summed E-state index contributed by atoms with van der Waals surface area (Å²) in [7, 11) is 3.39. The van der Waals surface area contributed by atoms with Crippen LogP contribution in [0.5, 0.6) is 5.75 Å². The van der Waals surface area contributed by atoms with E-state index in [0.717, 1.165) is 0 Å². The monoisotopic (exact) mass is 241 g/mol. The van der Waals surface area contributed by atoms with E-state index in [0.29, 0.717) is 16.6 Å². The van der Waals surface area contributed by atoms with Gasteiger partial charge in [-0.1, -0.05) is 11.6 Å². The van der Waals surface area contributed by atoms with Gasteiger partial charge in [0.2, 0.25) is 5.91 Å². The van der Waals surface area contributed by atoms with Crippen LogP contribution in [-0.4, -0.2) is 37.6 Å². The molecule has 2 heterocycles. The molecule has 0 aromatic carbocycles. The molecule has 1 aromatic heterocycles. The Balaban J connectivity index is 2.41. The fourth-order valence-corrected chi connectivity index (χ4v) is 1.71. The summed E-state index contributed by atoms with van der Waals surface area (Å²) in [5.41, 5.74) is 0. The van der Waals surface area contributed by atoms with Crippen LogP contribution in [0.4, 0.5) is 5.82 Å². The van der Waals surface area contributed by atoms with Gasteiger partial charge in [-0.05, 0) is 7.05 Å². The normalized spacial score (nSPS) is 20.1. The first-order chi connectivity index (χ1) is 7.63. The summed E-state index contributed by atoms with van der Waals surface area (Å²) in [4.78, 5) is 17.5. The Morgan fingerprint density at radius 3 is 3.12 bits per heavy atom. The number of ether oxygens (including phenoxy) is 1. The molecule has 0 spiro atoms. The molecule has 0 fully saturated rings. The van der Waals surface area contributed by atoms with Crippen LogP contribution in [-0.2, 0) is 4.79 Å². The molecule has 1 atom stereocenters. The van der Waals surface area contributed by atoms with Crippen molar-refractivity contribution in [3.8, 4) is 5.75 Å². The molecule has 2 rings (SSSR count). The number of amides is 1. The summed E-state index contributed by atoms with van der Waals surface area (Å²) in [6.07, 6.45) is 1.49. The number of rotatable bonds is 1. The van der Waals surface area contributed by atoms with Crippen molar-refractivity contribution in [1.29, 1.82) is 0 Å². The van der Waals surface area contributed by atoms with E-state index < -0.39 is 0 Å². The zero-order valence-corrected chi connectivity index (χ0v) is 9.78. The van der Waals surface area contributed by atoms with Crippen molar-refractivity contribution >= 4 is 23.3 Å². The molecule has 0 saturated carbocycles. The van der Waals surface area contributed by atoms with Crippen LogP contribution in [0.25, 0.3) is 0 Å². The fourth-order valence-electron chi connectivity index (χ4n) is 1.56. The second kappa shape index (κ2) is 4.27. The number of carbonyl (C=O) groups is 1. The first-order valence-corrected chi connectivity index (χ1v) is 5.24. The van der Waals surface area contributed by atoms with Crippen LogP contribution in [0.15, 0.2) is 12.3 Å². The third-order valence-electron chi connectivity index (χ3n) is 2.50. The number of likely N-dealkylation sites (N-methyl/N-ethyl adjacent to an activating group) is 2. The lowest BCUT2D eigenvalue weighted by Gasteiger charge is -2.17. The summed E-state index contributed by atoms with van der Waals surface area (Å²) in [5, 5.41) is 3.39. The highest BCUT2D eigenvalue weighted by Crippen LogP contribution is 2.30. The molecule has 0 radical (unpaired) electrons. The van der Waals surface area contributed by atoms with Gasteiger partial charge in [0, 0.05) is 19.3 Å². The molecule has 1 N–H and O–H groups in total. The summed E-state index contributed by atoms with van der Waals surface area (Å²) in [6.45, 7) is 0.273. The average molecular weight is 242 g/mol. The predicted octanol–water partition coefficient (Wildman–Crippen LogP) is 0.678. The van der Waals surface area contributed by atoms with Gasteiger partial charge in [0.05, 0.1) is 5.02 Å². The van der Waals surface area contributed by atoms with Crippen molar-refractivity contribution in [2.45, 2.75) is 6.04 Å². The second-order valence-corrected chi connectivity index (χ2v) is 3.96. The third-order valence-corrected chi connectivity index (χ3v) is 2.71. The van der Waals surface area contributed by atoms with Crippen LogP contribution < -0.4 is 15.0 Å². The number of hydrogen-bond donors (Lipinski definition) is 1. The number of nitrogens with one attached hydrogen (secondary N) is 1. The molecule has 0 saturated heterocycles. The maximum absolute atomic E-state index is 11.9. The van der Waals surface area contributed by atoms with Crippen LogP contribution in [0, 0.1) is 0 Å². The molecule has 0 bridgehead atoms. The largest absolute Gasteiger partial charge is 0.487 e. The molecule has 1 aliphatic heterocycles. The van der Waals surface area contributed by atoms with E-state index in [4.69, 9.17) is 16.3 Å². The Morgan fingerprint density at radius 2 is 2.44 bits per heavy atom. The third kappa shape index (κ3) is 1.83. The minimum atomic E-state index is -0.363. The Bertz CT molecular complexity index is 425. The first-order valence-electron chi connectivity index (χ1n) is 4.86. The van der Waals surface area contributed by atoms with Crippen molar-refractivity contribution in [2.24, 2.45) is 0 Å². The molecule has 1 unspecified atom stereocenters. The smallest absolute Gasteiger partial charge is 0.248 e. The van der Waals surface area contributed by atoms with Gasteiger partial charge in [0.1, 0.15) is 12.6 Å². The zero-order valence-electron chi connectivity index (χ0n) is 9.03. The number of hydrogen-bond acceptors (Lipinski definition) is 4. The maximum Gasteiger partial charge on any atom is 0.248 e. The summed E-state index contributed by atoms with van der Waals surface area (Å²) < 4.78 is 5.50. The molecular formula is C10H12ClN3O2. The maximum atomic E-state index is 11.9. The lowest BCUT2D eigenvalue weighted by atomic mass is 10.3. The second-order valence-electron chi connectivity index (χ2n) is 3.52. The SMILES string of the molecule is CNC1COc2cc(Cl)cnc2N(C)C1=O. The van der Waals surface area contributed by atoms with E-state index in [1.54, 1.807) is 20.2 Å². The molecule has 6 heteroatoms. The quantitative estimate of drug-likeness (QED) is 0.786. The summed E-state index contributed by atoms with van der Waals surface area (Å²) in [6, 6.07) is 1.30. The van der Waals surface area contributed by atoms with E-state index in [2.05, 4.69) is 10.3 Å². The minimum Gasteiger partial charge on any atom is -0.487 e.